The second-order valence-electron chi connectivity index (χ2n) is 3.94. The number of aliphatic hydroxyl groups is 1. The Bertz CT molecular complexity index is 413. The van der Waals surface area contributed by atoms with Crippen molar-refractivity contribution >= 4 is 29.0 Å². The van der Waals surface area contributed by atoms with Crippen molar-refractivity contribution in [2.24, 2.45) is 0 Å². The van der Waals surface area contributed by atoms with E-state index in [1.54, 1.807) is 37.1 Å². The van der Waals surface area contributed by atoms with Gasteiger partial charge in [-0.15, -0.1) is 0 Å². The van der Waals surface area contributed by atoms with Gasteiger partial charge in [-0.25, -0.2) is 0 Å². The molecule has 0 spiro atoms. The number of ether oxygens (including phenoxy) is 1. The van der Waals surface area contributed by atoms with Gasteiger partial charge >= 0.3 is 0 Å². The molecular weight excluding hydrogens is 264 g/mol. The van der Waals surface area contributed by atoms with Crippen LogP contribution in [0.5, 0.6) is 5.75 Å². The Balaban J connectivity index is 2.36. The molecule has 0 bridgehead atoms. The highest BCUT2D eigenvalue weighted by Crippen LogP contribution is 2.24. The first-order valence-electron chi connectivity index (χ1n) is 6.09. The Morgan fingerprint density at radius 2 is 2.26 bits per heavy atom. The maximum absolute atomic E-state index is 11.7. The Kier molecular flexibility index (Phi) is 7.14. The van der Waals surface area contributed by atoms with E-state index < -0.39 is 0 Å². The number of benzene rings is 1. The Morgan fingerprint density at radius 1 is 1.47 bits per heavy atom. The van der Waals surface area contributed by atoms with Crippen molar-refractivity contribution in [1.29, 1.82) is 0 Å². The molecule has 5 nitrogen and oxygen atoms in total. The van der Waals surface area contributed by atoms with E-state index in [9.17, 15) is 4.79 Å². The number of thioether (sulfide) groups is 1. The fraction of sp³-hybridized carbons (Fsp3) is 0.462. The third kappa shape index (κ3) is 5.85. The van der Waals surface area contributed by atoms with Crippen molar-refractivity contribution in [3.05, 3.63) is 18.2 Å². The van der Waals surface area contributed by atoms with Gasteiger partial charge in [-0.05, 0) is 24.3 Å². The van der Waals surface area contributed by atoms with Gasteiger partial charge in [-0.3, -0.25) is 4.79 Å². The molecule has 0 aliphatic rings. The van der Waals surface area contributed by atoms with Gasteiger partial charge in [0.05, 0.1) is 25.1 Å². The summed E-state index contributed by atoms with van der Waals surface area (Å²) in [7, 11) is 1.57. The Morgan fingerprint density at radius 3 is 2.89 bits per heavy atom. The lowest BCUT2D eigenvalue weighted by Gasteiger charge is -2.09. The number of anilines is 2. The lowest BCUT2D eigenvalue weighted by molar-refractivity contribution is -0.116. The van der Waals surface area contributed by atoms with Gasteiger partial charge in [0.1, 0.15) is 5.75 Å². The molecular formula is C13H20N2O3S. The number of aliphatic hydroxyl groups excluding tert-OH is 1. The Hall–Kier alpha value is -1.40. The highest BCUT2D eigenvalue weighted by Gasteiger charge is 2.06. The molecule has 1 aromatic carbocycles. The van der Waals surface area contributed by atoms with Gasteiger partial charge in [-0.1, -0.05) is 0 Å². The first-order valence-corrected chi connectivity index (χ1v) is 7.25. The van der Waals surface area contributed by atoms with Crippen LogP contribution < -0.4 is 15.8 Å². The number of hydrogen-bond acceptors (Lipinski definition) is 5. The van der Waals surface area contributed by atoms with Crippen molar-refractivity contribution < 1.29 is 14.6 Å². The zero-order valence-electron chi connectivity index (χ0n) is 11.0. The number of carbonyl (C=O) groups excluding carboxylic acids is 1. The van der Waals surface area contributed by atoms with Crippen LogP contribution in [0, 0.1) is 0 Å². The van der Waals surface area contributed by atoms with Gasteiger partial charge < -0.3 is 20.9 Å². The smallest absolute Gasteiger partial charge is 0.224 e. The summed E-state index contributed by atoms with van der Waals surface area (Å²) in [5.41, 5.74) is 6.91. The first-order chi connectivity index (χ1) is 9.17. The molecule has 0 aliphatic heterocycles. The molecule has 1 aromatic rings. The van der Waals surface area contributed by atoms with E-state index >= 15 is 0 Å². The minimum atomic E-state index is -0.0542. The van der Waals surface area contributed by atoms with E-state index in [0.29, 0.717) is 29.3 Å². The van der Waals surface area contributed by atoms with Crippen LogP contribution in [0.2, 0.25) is 0 Å². The third-order valence-corrected chi connectivity index (χ3v) is 3.51. The summed E-state index contributed by atoms with van der Waals surface area (Å²) in [6.45, 7) is 0.180. The average molecular weight is 284 g/mol. The quantitative estimate of drug-likeness (QED) is 0.500. The largest absolute Gasteiger partial charge is 0.497 e. The molecule has 0 unspecified atom stereocenters. The molecule has 0 fully saturated rings. The van der Waals surface area contributed by atoms with E-state index in [2.05, 4.69) is 5.32 Å². The van der Waals surface area contributed by atoms with Crippen LogP contribution in [0.4, 0.5) is 11.4 Å². The van der Waals surface area contributed by atoms with Crippen molar-refractivity contribution in [2.75, 3.05) is 36.3 Å². The van der Waals surface area contributed by atoms with E-state index in [1.807, 2.05) is 0 Å². The second kappa shape index (κ2) is 8.66. The standard InChI is InChI=1S/C13H20N2O3S/c1-18-10-4-5-12(11(14)9-10)15-13(17)3-2-7-19-8-6-16/h4-5,9,16H,2-3,6-8,14H2,1H3,(H,15,17). The predicted molar refractivity (Wildman–Crippen MR) is 79.7 cm³/mol. The highest BCUT2D eigenvalue weighted by molar-refractivity contribution is 7.99. The van der Waals surface area contributed by atoms with Gasteiger partial charge in [0.2, 0.25) is 5.91 Å². The summed E-state index contributed by atoms with van der Waals surface area (Å²) in [6, 6.07) is 5.16. The molecule has 1 amide bonds. The minimum absolute atomic E-state index is 0.0542. The zero-order valence-corrected chi connectivity index (χ0v) is 11.8. The third-order valence-electron chi connectivity index (χ3n) is 2.46. The lowest BCUT2D eigenvalue weighted by Crippen LogP contribution is -2.13. The number of amides is 1. The molecule has 0 saturated heterocycles. The molecule has 19 heavy (non-hydrogen) atoms. The summed E-state index contributed by atoms with van der Waals surface area (Å²) in [5.74, 6) is 2.19. The van der Waals surface area contributed by atoms with Gasteiger partial charge in [-0.2, -0.15) is 11.8 Å². The first kappa shape index (κ1) is 15.7. The Labute approximate surface area is 117 Å². The van der Waals surface area contributed by atoms with Crippen molar-refractivity contribution in [3.8, 4) is 5.75 Å². The molecule has 1 rings (SSSR count). The van der Waals surface area contributed by atoms with Crippen LogP contribution in [0.3, 0.4) is 0 Å². The fourth-order valence-corrected chi connectivity index (χ4v) is 2.18. The topological polar surface area (TPSA) is 84.6 Å². The van der Waals surface area contributed by atoms with Crippen molar-refractivity contribution in [1.82, 2.24) is 0 Å². The molecule has 0 saturated carbocycles. The average Bonchev–Trinajstić information content (AvgIpc) is 2.41. The fourth-order valence-electron chi connectivity index (χ4n) is 1.50. The number of carbonyl (C=O) groups is 1. The molecule has 0 heterocycles. The van der Waals surface area contributed by atoms with Gasteiger partial charge in [0.25, 0.3) is 0 Å². The predicted octanol–water partition coefficient (Wildman–Crippen LogP) is 1.72. The number of nitrogen functional groups attached to an aromatic ring is 1. The molecule has 0 aromatic heterocycles. The maximum atomic E-state index is 11.7. The van der Waals surface area contributed by atoms with Crippen LogP contribution in [-0.2, 0) is 4.79 Å². The zero-order chi connectivity index (χ0) is 14.1. The summed E-state index contributed by atoms with van der Waals surface area (Å²) >= 11 is 1.64. The maximum Gasteiger partial charge on any atom is 0.224 e. The molecule has 6 heteroatoms. The van der Waals surface area contributed by atoms with E-state index in [1.165, 1.54) is 0 Å². The normalized spacial score (nSPS) is 10.2. The van der Waals surface area contributed by atoms with Crippen LogP contribution in [0.15, 0.2) is 18.2 Å². The van der Waals surface area contributed by atoms with E-state index in [0.717, 1.165) is 12.2 Å². The van der Waals surface area contributed by atoms with Gasteiger partial charge in [0, 0.05) is 18.2 Å². The van der Waals surface area contributed by atoms with E-state index in [4.69, 9.17) is 15.6 Å². The second-order valence-corrected chi connectivity index (χ2v) is 5.17. The van der Waals surface area contributed by atoms with Crippen LogP contribution in [-0.4, -0.2) is 36.2 Å². The number of nitrogens with two attached hydrogens (primary N) is 1. The summed E-state index contributed by atoms with van der Waals surface area (Å²) in [5, 5.41) is 11.4. The number of nitrogens with one attached hydrogen (secondary N) is 1. The molecule has 0 radical (unpaired) electrons. The molecule has 106 valence electrons. The number of rotatable bonds is 8. The molecule has 4 N–H and O–H groups in total. The minimum Gasteiger partial charge on any atom is -0.497 e. The molecule has 0 atom stereocenters. The summed E-state index contributed by atoms with van der Waals surface area (Å²) < 4.78 is 5.04. The van der Waals surface area contributed by atoms with Crippen LogP contribution in [0.25, 0.3) is 0 Å². The SMILES string of the molecule is COc1ccc(NC(=O)CCCSCCO)c(N)c1. The summed E-state index contributed by atoms with van der Waals surface area (Å²) in [6.07, 6.45) is 1.23. The molecule has 0 aliphatic carbocycles. The number of hydrogen-bond donors (Lipinski definition) is 3. The highest BCUT2D eigenvalue weighted by atomic mass is 32.2. The van der Waals surface area contributed by atoms with Crippen molar-refractivity contribution in [2.45, 2.75) is 12.8 Å². The summed E-state index contributed by atoms with van der Waals surface area (Å²) in [4.78, 5) is 11.7. The number of methoxy groups -OCH3 is 1. The lowest BCUT2D eigenvalue weighted by atomic mass is 10.2. The van der Waals surface area contributed by atoms with Crippen LogP contribution in [0.1, 0.15) is 12.8 Å². The van der Waals surface area contributed by atoms with E-state index in [-0.39, 0.29) is 12.5 Å². The monoisotopic (exact) mass is 284 g/mol. The van der Waals surface area contributed by atoms with Crippen molar-refractivity contribution in [3.63, 3.8) is 0 Å². The van der Waals surface area contributed by atoms with Crippen LogP contribution >= 0.6 is 11.8 Å². The van der Waals surface area contributed by atoms with Gasteiger partial charge in [0.15, 0.2) is 0 Å².